The number of imidazole rings is 1. The molecule has 9 nitrogen and oxygen atoms in total. The van der Waals surface area contributed by atoms with Crippen molar-refractivity contribution in [1.29, 1.82) is 0 Å². The lowest BCUT2D eigenvalue weighted by molar-refractivity contribution is 0.0708. The van der Waals surface area contributed by atoms with Crippen LogP contribution < -0.4 is 10.6 Å². The maximum atomic E-state index is 12.9. The molecule has 1 fully saturated rings. The van der Waals surface area contributed by atoms with Gasteiger partial charge in [-0.1, -0.05) is 60.7 Å². The lowest BCUT2D eigenvalue weighted by Gasteiger charge is -2.35. The van der Waals surface area contributed by atoms with Gasteiger partial charge in [0.25, 0.3) is 0 Å². The van der Waals surface area contributed by atoms with E-state index in [1.807, 2.05) is 82.3 Å². The van der Waals surface area contributed by atoms with Crippen LogP contribution in [0.2, 0.25) is 0 Å². The average Bonchev–Trinajstić information content (AvgIpc) is 3.47. The molecule has 9 heteroatoms. The Morgan fingerprint density at radius 1 is 1.00 bits per heavy atom. The zero-order chi connectivity index (χ0) is 28.7. The summed E-state index contributed by atoms with van der Waals surface area (Å²) >= 11 is 0. The summed E-state index contributed by atoms with van der Waals surface area (Å²) in [6.07, 6.45) is 6.32. The fraction of sp³-hybridized carbons (Fsp3) is 0.273. The van der Waals surface area contributed by atoms with Crippen molar-refractivity contribution in [2.24, 2.45) is 0 Å². The van der Waals surface area contributed by atoms with Crippen molar-refractivity contribution in [3.05, 3.63) is 109 Å². The number of hydrogen-bond donors (Lipinski definition) is 2. The van der Waals surface area contributed by atoms with E-state index in [4.69, 9.17) is 9.72 Å². The first-order valence-corrected chi connectivity index (χ1v) is 14.5. The van der Waals surface area contributed by atoms with Gasteiger partial charge in [0.2, 0.25) is 5.95 Å². The van der Waals surface area contributed by atoms with Crippen LogP contribution >= 0.6 is 0 Å². The van der Waals surface area contributed by atoms with Crippen LogP contribution in [0.3, 0.4) is 0 Å². The molecule has 3 heterocycles. The van der Waals surface area contributed by atoms with Crippen LogP contribution in [-0.4, -0.2) is 49.6 Å². The maximum absolute atomic E-state index is 12.9. The van der Waals surface area contributed by atoms with Gasteiger partial charge in [-0.25, -0.2) is 14.8 Å². The number of carbonyl (C=O) groups excluding carboxylic acids is 1. The first-order chi connectivity index (χ1) is 20.6. The number of fused-ring (bicyclic) bond motifs is 1. The fourth-order valence-electron chi connectivity index (χ4n) is 5.37. The molecule has 0 bridgehead atoms. The molecule has 214 valence electrons. The van der Waals surface area contributed by atoms with Crippen molar-refractivity contribution in [3.63, 3.8) is 0 Å². The van der Waals surface area contributed by atoms with Crippen molar-refractivity contribution in [2.75, 3.05) is 23.7 Å². The number of benzene rings is 3. The maximum Gasteiger partial charge on any atom is 0.410 e. The van der Waals surface area contributed by atoms with Crippen molar-refractivity contribution in [3.8, 4) is 5.82 Å². The quantitative estimate of drug-likeness (QED) is 0.209. The number of ether oxygens (including phenoxy) is 1. The highest BCUT2D eigenvalue weighted by Gasteiger charge is 2.27. The molecule has 0 spiro atoms. The molecule has 2 atom stereocenters. The van der Waals surface area contributed by atoms with E-state index in [0.717, 1.165) is 47.4 Å². The highest BCUT2D eigenvalue weighted by molar-refractivity contribution is 5.81. The van der Waals surface area contributed by atoms with E-state index in [0.29, 0.717) is 19.0 Å². The standard InChI is InChI=1S/C33H35N7O2/c1-24(26-12-6-3-7-13-26)37-32-34-18-17-31(38-32)40-23-36-29-20-27(15-16-30(29)40)35-21-28-14-8-9-19-39(28)33(41)42-22-25-10-4-2-5-11-25/h2-7,10-13,15-18,20,23-24,28,35H,8-9,14,19,21-22H2,1H3,(H,34,37,38). The van der Waals surface area contributed by atoms with Crippen LogP contribution in [0.5, 0.6) is 0 Å². The van der Waals surface area contributed by atoms with Gasteiger partial charge in [0.05, 0.1) is 23.1 Å². The lowest BCUT2D eigenvalue weighted by Crippen LogP contribution is -2.47. The van der Waals surface area contributed by atoms with E-state index in [-0.39, 0.29) is 24.8 Å². The first kappa shape index (κ1) is 27.3. The molecule has 42 heavy (non-hydrogen) atoms. The summed E-state index contributed by atoms with van der Waals surface area (Å²) in [5.74, 6) is 1.30. The minimum Gasteiger partial charge on any atom is -0.445 e. The molecule has 2 unspecified atom stereocenters. The second-order valence-corrected chi connectivity index (χ2v) is 10.6. The highest BCUT2D eigenvalue weighted by Crippen LogP contribution is 2.24. The SMILES string of the molecule is CC(Nc1nccc(-n2cnc3cc(NCC4CCCCN4C(=O)OCc4ccccc4)ccc32)n1)c1ccccc1. The molecule has 0 radical (unpaired) electrons. The molecule has 2 aromatic heterocycles. The molecular formula is C33H35N7O2. The van der Waals surface area contributed by atoms with Gasteiger partial charge in [-0.3, -0.25) is 4.57 Å². The van der Waals surface area contributed by atoms with E-state index < -0.39 is 0 Å². The average molecular weight is 562 g/mol. The number of amides is 1. The van der Waals surface area contributed by atoms with Crippen LogP contribution in [0.4, 0.5) is 16.4 Å². The smallest absolute Gasteiger partial charge is 0.410 e. The summed E-state index contributed by atoms with van der Waals surface area (Å²) in [5.41, 5.74) is 4.91. The van der Waals surface area contributed by atoms with Crippen molar-refractivity contribution in [1.82, 2.24) is 24.4 Å². The largest absolute Gasteiger partial charge is 0.445 e. The van der Waals surface area contributed by atoms with Crippen molar-refractivity contribution < 1.29 is 9.53 Å². The molecule has 0 saturated carbocycles. The summed E-state index contributed by atoms with van der Waals surface area (Å²) < 4.78 is 7.60. The molecule has 6 rings (SSSR count). The molecule has 0 aliphatic carbocycles. The van der Waals surface area contributed by atoms with Crippen LogP contribution in [0, 0.1) is 0 Å². The number of likely N-dealkylation sites (tertiary alicyclic amines) is 1. The van der Waals surface area contributed by atoms with Gasteiger partial charge in [-0.2, -0.15) is 4.98 Å². The molecule has 2 N–H and O–H groups in total. The second-order valence-electron chi connectivity index (χ2n) is 10.6. The van der Waals surface area contributed by atoms with E-state index in [1.165, 1.54) is 5.56 Å². The predicted molar refractivity (Wildman–Crippen MR) is 165 cm³/mol. The van der Waals surface area contributed by atoms with Crippen LogP contribution in [0.1, 0.15) is 43.4 Å². The Labute approximate surface area is 245 Å². The number of carbonyl (C=O) groups is 1. The third kappa shape index (κ3) is 6.35. The number of nitrogens with zero attached hydrogens (tertiary/aromatic N) is 5. The molecule has 1 aliphatic heterocycles. The summed E-state index contributed by atoms with van der Waals surface area (Å²) in [6.45, 7) is 3.73. The van der Waals surface area contributed by atoms with Gasteiger partial charge in [0.15, 0.2) is 0 Å². The van der Waals surface area contributed by atoms with Gasteiger partial charge in [-0.05, 0) is 61.6 Å². The Morgan fingerprint density at radius 2 is 1.81 bits per heavy atom. The normalized spacial score (nSPS) is 15.7. The molecule has 1 saturated heterocycles. The Kier molecular flexibility index (Phi) is 8.26. The van der Waals surface area contributed by atoms with Gasteiger partial charge < -0.3 is 20.3 Å². The highest BCUT2D eigenvalue weighted by atomic mass is 16.6. The summed E-state index contributed by atoms with van der Waals surface area (Å²) in [4.78, 5) is 28.6. The third-order valence-corrected chi connectivity index (χ3v) is 7.69. The van der Waals surface area contributed by atoms with E-state index in [9.17, 15) is 4.79 Å². The predicted octanol–water partition coefficient (Wildman–Crippen LogP) is 6.59. The Bertz CT molecular complexity index is 1620. The number of nitrogens with one attached hydrogen (secondary N) is 2. The number of rotatable bonds is 9. The zero-order valence-corrected chi connectivity index (χ0v) is 23.7. The Morgan fingerprint density at radius 3 is 2.64 bits per heavy atom. The first-order valence-electron chi connectivity index (χ1n) is 14.5. The molecular weight excluding hydrogens is 526 g/mol. The Hall–Kier alpha value is -4.92. The number of aromatic nitrogens is 4. The van der Waals surface area contributed by atoms with Crippen LogP contribution in [-0.2, 0) is 11.3 Å². The van der Waals surface area contributed by atoms with Gasteiger partial charge in [0, 0.05) is 25.0 Å². The Balaban J connectivity index is 1.10. The van der Waals surface area contributed by atoms with Crippen molar-refractivity contribution >= 4 is 28.8 Å². The monoisotopic (exact) mass is 561 g/mol. The van der Waals surface area contributed by atoms with E-state index in [1.54, 1.807) is 12.5 Å². The minimum absolute atomic E-state index is 0.0698. The third-order valence-electron chi connectivity index (χ3n) is 7.69. The zero-order valence-electron chi connectivity index (χ0n) is 23.7. The molecule has 1 aliphatic rings. The number of hydrogen-bond acceptors (Lipinski definition) is 7. The summed E-state index contributed by atoms with van der Waals surface area (Å²) in [5, 5.41) is 6.92. The van der Waals surface area contributed by atoms with Crippen molar-refractivity contribution in [2.45, 2.75) is 44.9 Å². The molecule has 1 amide bonds. The van der Waals surface area contributed by atoms with E-state index in [2.05, 4.69) is 39.7 Å². The summed E-state index contributed by atoms with van der Waals surface area (Å²) in [6, 6.07) is 28.1. The topological polar surface area (TPSA) is 97.2 Å². The van der Waals surface area contributed by atoms with E-state index >= 15 is 0 Å². The molecule has 5 aromatic rings. The number of anilines is 2. The summed E-state index contributed by atoms with van der Waals surface area (Å²) in [7, 11) is 0. The minimum atomic E-state index is -0.253. The van der Waals surface area contributed by atoms with Gasteiger partial charge >= 0.3 is 6.09 Å². The van der Waals surface area contributed by atoms with Crippen LogP contribution in [0.25, 0.3) is 16.9 Å². The molecule has 3 aromatic carbocycles. The van der Waals surface area contributed by atoms with Crippen LogP contribution in [0.15, 0.2) is 97.5 Å². The van der Waals surface area contributed by atoms with Gasteiger partial charge in [0.1, 0.15) is 18.8 Å². The second kappa shape index (κ2) is 12.7. The fourth-order valence-corrected chi connectivity index (χ4v) is 5.37. The number of piperidine rings is 1. The van der Waals surface area contributed by atoms with Gasteiger partial charge in [-0.15, -0.1) is 0 Å². The lowest BCUT2D eigenvalue weighted by atomic mass is 10.0.